The van der Waals surface area contributed by atoms with Crippen LogP contribution in [0.4, 0.5) is 26.3 Å². The quantitative estimate of drug-likeness (QED) is 0.505. The van der Waals surface area contributed by atoms with E-state index in [2.05, 4.69) is 0 Å². The van der Waals surface area contributed by atoms with Crippen molar-refractivity contribution in [1.29, 1.82) is 0 Å². The van der Waals surface area contributed by atoms with Crippen LogP contribution in [0.25, 0.3) is 16.7 Å². The van der Waals surface area contributed by atoms with Gasteiger partial charge in [0, 0.05) is 12.4 Å². The molecule has 0 aliphatic heterocycles. The van der Waals surface area contributed by atoms with Crippen molar-refractivity contribution in [2.24, 2.45) is 0 Å². The van der Waals surface area contributed by atoms with Crippen LogP contribution in [0.15, 0.2) is 46.2 Å². The lowest BCUT2D eigenvalue weighted by molar-refractivity contribution is -0.168. The van der Waals surface area contributed by atoms with Crippen molar-refractivity contribution in [3.8, 4) is 5.69 Å². The molecular weight excluding hydrogens is 398 g/mol. The molecule has 0 aliphatic carbocycles. The van der Waals surface area contributed by atoms with Crippen LogP contribution in [-0.2, 0) is 11.0 Å². The number of carbonyl (C=O) groups excluding carboxylic acids is 1. The highest BCUT2D eigenvalue weighted by atomic mass is 19.4. The number of alkyl halides is 6. The second-order valence-electron chi connectivity index (χ2n) is 5.51. The van der Waals surface area contributed by atoms with Crippen LogP contribution >= 0.6 is 0 Å². The number of nitrogens with one attached hydrogen (secondary N) is 2. The molecule has 1 amide bonds. The Bertz CT molecular complexity index is 1170. The minimum absolute atomic E-state index is 0.0445. The van der Waals surface area contributed by atoms with Crippen LogP contribution in [0.5, 0.6) is 0 Å². The van der Waals surface area contributed by atoms with Gasteiger partial charge in [-0.15, -0.1) is 0 Å². The summed E-state index contributed by atoms with van der Waals surface area (Å²) in [6.07, 6.45) is -7.82. The monoisotopic (exact) mass is 406 g/mol. The van der Waals surface area contributed by atoms with Gasteiger partial charge in [-0.2, -0.15) is 26.3 Å². The number of hydrogen-bond donors (Lipinski definition) is 2. The topological polar surface area (TPSA) is 88.9 Å². The summed E-state index contributed by atoms with van der Waals surface area (Å²) in [5.41, 5.74) is -4.86. The summed E-state index contributed by atoms with van der Waals surface area (Å²) in [4.78, 5) is 36.6. The number of rotatable bonds is 2. The van der Waals surface area contributed by atoms with E-state index in [4.69, 9.17) is 0 Å². The number of aromatic amines is 1. The van der Waals surface area contributed by atoms with Crippen LogP contribution in [0.2, 0.25) is 0 Å². The molecule has 0 atom stereocenters. The third-order valence-electron chi connectivity index (χ3n) is 3.66. The van der Waals surface area contributed by atoms with E-state index in [0.29, 0.717) is 6.07 Å². The molecule has 0 saturated carbocycles. The summed E-state index contributed by atoms with van der Waals surface area (Å²) < 4.78 is 78.8. The Labute approximate surface area is 149 Å². The van der Waals surface area contributed by atoms with Crippen LogP contribution in [0, 0.1) is 0 Å². The van der Waals surface area contributed by atoms with Gasteiger partial charge in [-0.25, -0.2) is 4.68 Å². The summed E-state index contributed by atoms with van der Waals surface area (Å²) in [6.45, 7) is 0. The summed E-state index contributed by atoms with van der Waals surface area (Å²) in [5.74, 6) is -2.58. The Balaban J connectivity index is 2.37. The van der Waals surface area contributed by atoms with Gasteiger partial charge in [0.05, 0.1) is 22.3 Å². The molecule has 13 heteroatoms. The number of amides is 1. The van der Waals surface area contributed by atoms with E-state index in [1.54, 1.807) is 0 Å². The van der Waals surface area contributed by atoms with Crippen LogP contribution in [-0.4, -0.2) is 26.3 Å². The van der Waals surface area contributed by atoms with Gasteiger partial charge in [-0.05, 0) is 24.3 Å². The molecule has 7 nitrogen and oxygen atoms in total. The van der Waals surface area contributed by atoms with Gasteiger partial charge >= 0.3 is 29.4 Å². The molecule has 2 heterocycles. The van der Waals surface area contributed by atoms with E-state index < -0.39 is 51.7 Å². The zero-order valence-electron chi connectivity index (χ0n) is 13.4. The van der Waals surface area contributed by atoms with Crippen molar-refractivity contribution < 1.29 is 31.1 Å². The zero-order valence-corrected chi connectivity index (χ0v) is 13.4. The number of benzene rings is 1. The molecule has 28 heavy (non-hydrogen) atoms. The van der Waals surface area contributed by atoms with Crippen molar-refractivity contribution in [3.05, 3.63) is 62.9 Å². The highest BCUT2D eigenvalue weighted by molar-refractivity contribution is 5.90. The number of H-pyrrole nitrogens is 1. The first-order valence-corrected chi connectivity index (χ1v) is 7.31. The van der Waals surface area contributed by atoms with Crippen molar-refractivity contribution in [2.45, 2.75) is 12.4 Å². The Kier molecular flexibility index (Phi) is 4.32. The average molecular weight is 406 g/mol. The van der Waals surface area contributed by atoms with Gasteiger partial charge in [0.15, 0.2) is 0 Å². The number of fused-ring (bicyclic) bond motifs is 1. The molecule has 148 valence electrons. The maximum Gasteiger partial charge on any atom is 0.472 e. The lowest BCUT2D eigenvalue weighted by atomic mass is 10.1. The summed E-state index contributed by atoms with van der Waals surface area (Å²) >= 11 is 0. The van der Waals surface area contributed by atoms with E-state index in [1.165, 1.54) is 30.0 Å². The predicted octanol–water partition coefficient (Wildman–Crippen LogP) is 2.13. The van der Waals surface area contributed by atoms with Gasteiger partial charge in [-0.3, -0.25) is 19.8 Å². The summed E-state index contributed by atoms with van der Waals surface area (Å²) in [6, 6.07) is 3.99. The van der Waals surface area contributed by atoms with E-state index in [-0.39, 0.29) is 4.68 Å². The summed E-state index contributed by atoms with van der Waals surface area (Å²) in [5, 5.41) is 0. The molecule has 0 aliphatic rings. The Morgan fingerprint density at radius 1 is 1.00 bits per heavy atom. The Morgan fingerprint density at radius 3 is 2.14 bits per heavy atom. The van der Waals surface area contributed by atoms with Crippen molar-refractivity contribution in [2.75, 3.05) is 5.43 Å². The second kappa shape index (κ2) is 6.28. The van der Waals surface area contributed by atoms with Crippen LogP contribution < -0.4 is 16.5 Å². The molecule has 0 fully saturated rings. The Hall–Kier alpha value is -3.51. The minimum Gasteiger partial charge on any atom is -0.323 e. The smallest absolute Gasteiger partial charge is 0.323 e. The molecule has 1 aromatic carbocycles. The largest absolute Gasteiger partial charge is 0.472 e. The molecule has 0 spiro atoms. The normalized spacial score (nSPS) is 12.4. The third kappa shape index (κ3) is 3.37. The molecule has 0 saturated heterocycles. The molecule has 0 bridgehead atoms. The average Bonchev–Trinajstić information content (AvgIpc) is 3.10. The molecule has 0 unspecified atom stereocenters. The highest BCUT2D eigenvalue weighted by Crippen LogP contribution is 2.35. The van der Waals surface area contributed by atoms with Crippen LogP contribution in [0.1, 0.15) is 5.56 Å². The molecular formula is C15H8F6N4O3. The third-order valence-corrected chi connectivity index (χ3v) is 3.66. The first kappa shape index (κ1) is 19.3. The lowest BCUT2D eigenvalue weighted by Gasteiger charge is -2.17. The lowest BCUT2D eigenvalue weighted by Crippen LogP contribution is -2.46. The predicted molar refractivity (Wildman–Crippen MR) is 83.6 cm³/mol. The SMILES string of the molecule is O=C(Nn1c(=O)c(=O)[nH]c2cc(C(F)(F)F)c(-n3cccc3)cc21)C(F)(F)F. The van der Waals surface area contributed by atoms with Crippen molar-refractivity contribution in [1.82, 2.24) is 14.2 Å². The number of hydrogen-bond acceptors (Lipinski definition) is 3. The van der Waals surface area contributed by atoms with Gasteiger partial charge in [0.1, 0.15) is 0 Å². The van der Waals surface area contributed by atoms with Crippen LogP contribution in [0.3, 0.4) is 0 Å². The fourth-order valence-electron chi connectivity index (χ4n) is 2.46. The number of nitrogens with zero attached hydrogens (tertiary/aromatic N) is 2. The second-order valence-corrected chi connectivity index (χ2v) is 5.51. The number of carbonyl (C=O) groups is 1. The summed E-state index contributed by atoms with van der Waals surface area (Å²) in [7, 11) is 0. The molecule has 2 N–H and O–H groups in total. The van der Waals surface area contributed by atoms with E-state index in [9.17, 15) is 40.7 Å². The molecule has 3 rings (SSSR count). The van der Waals surface area contributed by atoms with Gasteiger partial charge in [-0.1, -0.05) is 0 Å². The van der Waals surface area contributed by atoms with E-state index in [0.717, 1.165) is 10.6 Å². The minimum atomic E-state index is -5.40. The number of aromatic nitrogens is 3. The molecule has 2 aromatic heterocycles. The fraction of sp³-hybridized carbons (Fsp3) is 0.133. The maximum absolute atomic E-state index is 13.4. The first-order chi connectivity index (χ1) is 12.9. The highest BCUT2D eigenvalue weighted by Gasteiger charge is 2.40. The van der Waals surface area contributed by atoms with Crippen molar-refractivity contribution >= 4 is 16.9 Å². The molecule has 0 radical (unpaired) electrons. The fourth-order valence-corrected chi connectivity index (χ4v) is 2.46. The van der Waals surface area contributed by atoms with Gasteiger partial charge in [0.2, 0.25) is 0 Å². The molecule has 3 aromatic rings. The van der Waals surface area contributed by atoms with Crippen molar-refractivity contribution in [3.63, 3.8) is 0 Å². The number of halogens is 6. The zero-order chi connectivity index (χ0) is 20.9. The first-order valence-electron chi connectivity index (χ1n) is 7.31. The van der Waals surface area contributed by atoms with Gasteiger partial charge < -0.3 is 9.55 Å². The van der Waals surface area contributed by atoms with E-state index in [1.807, 2.05) is 4.98 Å². The standard InChI is InChI=1S/C15H8F6N4O3/c16-14(17,18)7-5-8-10(6-9(7)24-3-1-2-4-24)25(12(27)11(26)22-8)23-13(28)15(19,20)21/h1-6H,(H,22,26)(H,23,28). The van der Waals surface area contributed by atoms with E-state index >= 15 is 0 Å². The van der Waals surface area contributed by atoms with Gasteiger partial charge in [0.25, 0.3) is 0 Å². The Morgan fingerprint density at radius 2 is 1.61 bits per heavy atom. The maximum atomic E-state index is 13.4.